The lowest BCUT2D eigenvalue weighted by atomic mass is 10.0. The van der Waals surface area contributed by atoms with Crippen LogP contribution in [0, 0.1) is 0 Å². The van der Waals surface area contributed by atoms with Gasteiger partial charge in [-0.1, -0.05) is 13.8 Å². The number of hydrogen-bond acceptors (Lipinski definition) is 7. The lowest BCUT2D eigenvalue weighted by Crippen LogP contribution is -2.29. The third-order valence-corrected chi connectivity index (χ3v) is 7.49. The van der Waals surface area contributed by atoms with Gasteiger partial charge in [0.1, 0.15) is 12.0 Å². The van der Waals surface area contributed by atoms with Crippen LogP contribution in [-0.2, 0) is 22.1 Å². The molecule has 0 aliphatic heterocycles. The Morgan fingerprint density at radius 2 is 1.54 bits per heavy atom. The maximum absolute atomic E-state index is 13.1. The van der Waals surface area contributed by atoms with Gasteiger partial charge < -0.3 is 5.32 Å². The maximum atomic E-state index is 13.1. The van der Waals surface area contributed by atoms with E-state index in [-0.39, 0.29) is 23.5 Å². The van der Waals surface area contributed by atoms with Crippen molar-refractivity contribution >= 4 is 21.3 Å². The summed E-state index contributed by atoms with van der Waals surface area (Å²) in [6.07, 6.45) is -6.47. The number of carbonyl (C=O) groups excluding carboxylic acids is 1. The fraction of sp³-hybridized carbons (Fsp3) is 0.381. The van der Waals surface area contributed by atoms with Crippen LogP contribution in [0.3, 0.4) is 0 Å². The summed E-state index contributed by atoms with van der Waals surface area (Å²) >= 11 is 0. The number of alkyl halides is 6. The van der Waals surface area contributed by atoms with Crippen molar-refractivity contribution in [1.29, 1.82) is 0 Å². The first kappa shape index (κ1) is 28.0. The number of carbonyl (C=O) groups is 1. The van der Waals surface area contributed by atoms with Crippen LogP contribution in [0.1, 0.15) is 54.1 Å². The van der Waals surface area contributed by atoms with E-state index >= 15 is 0 Å². The summed E-state index contributed by atoms with van der Waals surface area (Å²) in [7, 11) is -2.45. The van der Waals surface area contributed by atoms with Crippen LogP contribution < -0.4 is 5.32 Å². The molecule has 0 saturated heterocycles. The number of hydrogen-bond donors (Lipinski definition) is 1. The van der Waals surface area contributed by atoms with E-state index in [2.05, 4.69) is 29.7 Å². The zero-order chi connectivity index (χ0) is 27.6. The van der Waals surface area contributed by atoms with Crippen LogP contribution in [0.4, 0.5) is 32.0 Å². The second-order valence-corrected chi connectivity index (χ2v) is 10.6. The van der Waals surface area contributed by atoms with Crippen LogP contribution in [0.15, 0.2) is 41.3 Å². The minimum Gasteiger partial charge on any atom is -0.342 e. The Balaban J connectivity index is 1.88. The van der Waals surface area contributed by atoms with Crippen molar-refractivity contribution in [1.82, 2.24) is 30.0 Å². The molecule has 1 atom stereocenters. The number of halogens is 6. The van der Waals surface area contributed by atoms with Gasteiger partial charge >= 0.3 is 12.4 Å². The van der Waals surface area contributed by atoms with Gasteiger partial charge in [0.05, 0.1) is 39.3 Å². The Kier molecular flexibility index (Phi) is 7.90. The zero-order valence-corrected chi connectivity index (χ0v) is 20.4. The molecule has 3 rings (SSSR count). The van der Waals surface area contributed by atoms with Crippen LogP contribution >= 0.6 is 0 Å². The molecule has 0 bridgehead atoms. The molecule has 2 heterocycles. The number of rotatable bonds is 7. The Labute approximate surface area is 207 Å². The number of amides is 1. The normalized spacial score (nSPS) is 13.3. The second kappa shape index (κ2) is 10.4. The van der Waals surface area contributed by atoms with E-state index in [9.17, 15) is 35.3 Å². The van der Waals surface area contributed by atoms with Gasteiger partial charge in [0.25, 0.3) is 11.9 Å². The van der Waals surface area contributed by atoms with Crippen molar-refractivity contribution in [2.75, 3.05) is 11.5 Å². The smallest absolute Gasteiger partial charge is 0.342 e. The molecule has 1 amide bonds. The van der Waals surface area contributed by atoms with Gasteiger partial charge in [-0.15, -0.1) is 0 Å². The van der Waals surface area contributed by atoms with E-state index in [4.69, 9.17) is 0 Å². The summed E-state index contributed by atoms with van der Waals surface area (Å²) in [5.74, 6) is -0.474. The standard InChI is InChI=1S/C21H21F6N7O2S/c1-4-37(36,5-2)33-16-9-28-19(29-10-16)34-17(30-11-31-34)12(3)32-18(35)13-6-14(20(22,23)24)8-15(7-13)21(25,26)27/h6-12H,4-5H2,1-3H3,(H,32,35)/t12-/m0/s1. The molecule has 9 nitrogen and oxygen atoms in total. The molecular weight excluding hydrogens is 528 g/mol. The number of benzene rings is 1. The second-order valence-electron chi connectivity index (χ2n) is 7.70. The molecule has 0 aliphatic carbocycles. The van der Waals surface area contributed by atoms with E-state index in [1.807, 2.05) is 0 Å². The molecule has 1 aromatic carbocycles. The first-order valence-electron chi connectivity index (χ1n) is 10.7. The SMILES string of the molecule is CCS(=O)(CC)=Nc1cnc(-n2ncnc2[C@H](C)NC(=O)c2cc(C(F)(F)F)cc(C(F)(F)F)c2)nc1. The molecule has 0 radical (unpaired) electrons. The Bertz CT molecular complexity index is 1350. The molecule has 16 heteroatoms. The third-order valence-electron chi connectivity index (χ3n) is 5.15. The molecule has 1 N–H and O–H groups in total. The van der Waals surface area contributed by atoms with Crippen molar-refractivity contribution in [2.24, 2.45) is 4.36 Å². The van der Waals surface area contributed by atoms with Crippen LogP contribution in [0.2, 0.25) is 0 Å². The predicted molar refractivity (Wildman–Crippen MR) is 121 cm³/mol. The summed E-state index contributed by atoms with van der Waals surface area (Å²) in [6, 6.07) is -0.426. The first-order chi connectivity index (χ1) is 17.2. The van der Waals surface area contributed by atoms with E-state index in [1.165, 1.54) is 19.3 Å². The van der Waals surface area contributed by atoms with E-state index in [0.717, 1.165) is 11.0 Å². The van der Waals surface area contributed by atoms with Gasteiger partial charge in [-0.25, -0.2) is 19.2 Å². The van der Waals surface area contributed by atoms with Gasteiger partial charge in [0, 0.05) is 17.1 Å². The van der Waals surface area contributed by atoms with Crippen molar-refractivity contribution in [3.8, 4) is 5.95 Å². The van der Waals surface area contributed by atoms with Gasteiger partial charge in [-0.3, -0.25) is 4.79 Å². The van der Waals surface area contributed by atoms with Crippen molar-refractivity contribution in [3.63, 3.8) is 0 Å². The van der Waals surface area contributed by atoms with Gasteiger partial charge in [-0.2, -0.15) is 40.5 Å². The minimum atomic E-state index is -5.10. The molecule has 0 unspecified atom stereocenters. The van der Waals surface area contributed by atoms with Gasteiger partial charge in [-0.05, 0) is 25.1 Å². The summed E-state index contributed by atoms with van der Waals surface area (Å²) in [4.78, 5) is 24.8. The quantitative estimate of drug-likeness (QED) is 0.427. The molecule has 0 aliphatic rings. The molecule has 37 heavy (non-hydrogen) atoms. The third kappa shape index (κ3) is 6.61. The molecule has 200 valence electrons. The van der Waals surface area contributed by atoms with Crippen LogP contribution in [0.25, 0.3) is 5.95 Å². The van der Waals surface area contributed by atoms with Crippen LogP contribution in [-0.4, -0.2) is 46.4 Å². The Morgan fingerprint density at radius 1 is 1.00 bits per heavy atom. The summed E-state index contributed by atoms with van der Waals surface area (Å²) in [5, 5.41) is 6.28. The van der Waals surface area contributed by atoms with Gasteiger partial charge in [0.2, 0.25) is 0 Å². The van der Waals surface area contributed by atoms with Crippen molar-refractivity contribution < 1.29 is 35.3 Å². The lowest BCUT2D eigenvalue weighted by molar-refractivity contribution is -0.143. The fourth-order valence-corrected chi connectivity index (χ4v) is 4.27. The highest BCUT2D eigenvalue weighted by molar-refractivity contribution is 7.93. The Hall–Kier alpha value is -3.56. The molecule has 0 saturated carbocycles. The molecule has 3 aromatic rings. The number of nitrogens with zero attached hydrogens (tertiary/aromatic N) is 6. The van der Waals surface area contributed by atoms with Crippen molar-refractivity contribution in [2.45, 2.75) is 39.2 Å². The zero-order valence-electron chi connectivity index (χ0n) is 19.6. The largest absolute Gasteiger partial charge is 0.416 e. The molecular formula is C21H21F6N7O2S. The molecule has 2 aromatic heterocycles. The summed E-state index contributed by atoms with van der Waals surface area (Å²) < 4.78 is 96.6. The highest BCUT2D eigenvalue weighted by Crippen LogP contribution is 2.36. The molecule has 0 fully saturated rings. The first-order valence-corrected chi connectivity index (χ1v) is 12.6. The lowest BCUT2D eigenvalue weighted by Gasteiger charge is -2.16. The molecule has 0 spiro atoms. The minimum absolute atomic E-state index is 0.00882. The highest BCUT2D eigenvalue weighted by atomic mass is 32.2. The van der Waals surface area contributed by atoms with Crippen LogP contribution in [0.5, 0.6) is 0 Å². The van der Waals surface area contributed by atoms with Gasteiger partial charge in [0.15, 0.2) is 5.82 Å². The number of nitrogens with one attached hydrogen (secondary N) is 1. The highest BCUT2D eigenvalue weighted by Gasteiger charge is 2.37. The summed E-state index contributed by atoms with van der Waals surface area (Å²) in [5.41, 5.74) is -3.79. The summed E-state index contributed by atoms with van der Waals surface area (Å²) in [6.45, 7) is 4.88. The van der Waals surface area contributed by atoms with E-state index < -0.39 is 50.7 Å². The average molecular weight is 550 g/mol. The maximum Gasteiger partial charge on any atom is 0.416 e. The van der Waals surface area contributed by atoms with E-state index in [1.54, 1.807) is 13.8 Å². The number of aromatic nitrogens is 5. The van der Waals surface area contributed by atoms with Crippen molar-refractivity contribution in [3.05, 3.63) is 59.4 Å². The predicted octanol–water partition coefficient (Wildman–Crippen LogP) is 4.73. The monoisotopic (exact) mass is 549 g/mol. The average Bonchev–Trinajstić information content (AvgIpc) is 3.33. The van der Waals surface area contributed by atoms with E-state index in [0.29, 0.717) is 23.6 Å². The Morgan fingerprint density at radius 3 is 2.03 bits per heavy atom. The fourth-order valence-electron chi connectivity index (χ4n) is 3.13. The topological polar surface area (TPSA) is 115 Å².